The Morgan fingerprint density at radius 1 is 1.03 bits per heavy atom. The van der Waals surface area contributed by atoms with E-state index in [1.165, 1.54) is 22.3 Å². The molecule has 0 bridgehead atoms. The Morgan fingerprint density at radius 2 is 1.68 bits per heavy atom. The summed E-state index contributed by atoms with van der Waals surface area (Å²) in [5.41, 5.74) is 4.74. The number of ether oxygens (including phenoxy) is 1. The van der Waals surface area contributed by atoms with Crippen LogP contribution < -0.4 is 10.6 Å². The third-order valence-corrected chi connectivity index (χ3v) is 7.07. The molecule has 1 saturated carbocycles. The van der Waals surface area contributed by atoms with Crippen LogP contribution in [0.25, 0.3) is 11.1 Å². The van der Waals surface area contributed by atoms with Gasteiger partial charge >= 0.3 is 12.1 Å². The van der Waals surface area contributed by atoms with E-state index < -0.39 is 18.0 Å². The van der Waals surface area contributed by atoms with Gasteiger partial charge in [0.1, 0.15) is 6.61 Å². The van der Waals surface area contributed by atoms with Crippen LogP contribution in [0.5, 0.6) is 0 Å². The number of carboxylic acids is 1. The summed E-state index contributed by atoms with van der Waals surface area (Å²) in [6.07, 6.45) is 2.76. The lowest BCUT2D eigenvalue weighted by atomic mass is 9.98. The molecule has 2 aromatic rings. The number of amides is 2. The van der Waals surface area contributed by atoms with Gasteiger partial charge in [0.2, 0.25) is 5.91 Å². The van der Waals surface area contributed by atoms with Crippen molar-refractivity contribution in [1.82, 2.24) is 10.6 Å². The van der Waals surface area contributed by atoms with E-state index in [-0.39, 0.29) is 36.9 Å². The fourth-order valence-electron chi connectivity index (χ4n) is 5.18. The number of alkyl carbamates (subject to hydrolysis) is 1. The number of fused-ring (bicyclic) bond motifs is 3. The van der Waals surface area contributed by atoms with Crippen molar-refractivity contribution in [2.45, 2.75) is 51.0 Å². The third kappa shape index (κ3) is 5.41. The average Bonchev–Trinajstić information content (AvgIpc) is 3.39. The van der Waals surface area contributed by atoms with Crippen LogP contribution in [0, 0.1) is 11.8 Å². The van der Waals surface area contributed by atoms with Crippen molar-refractivity contribution in [2.24, 2.45) is 11.8 Å². The third-order valence-electron chi connectivity index (χ3n) is 7.07. The minimum absolute atomic E-state index is 0.0177. The zero-order chi connectivity index (χ0) is 24.1. The van der Waals surface area contributed by atoms with Crippen LogP contribution >= 0.6 is 0 Å². The minimum Gasteiger partial charge on any atom is -0.481 e. The predicted molar refractivity (Wildman–Crippen MR) is 128 cm³/mol. The second-order valence-electron chi connectivity index (χ2n) is 9.30. The van der Waals surface area contributed by atoms with Gasteiger partial charge < -0.3 is 20.5 Å². The average molecular weight is 465 g/mol. The SMILES string of the molecule is CCC(CNC(=O)C[C@H]1CC[C@@H](NC(=O)OCC2c3ccccc3-c3ccccc32)C1)C(=O)O. The van der Waals surface area contributed by atoms with Gasteiger partial charge in [-0.25, -0.2) is 4.79 Å². The summed E-state index contributed by atoms with van der Waals surface area (Å²) >= 11 is 0. The van der Waals surface area contributed by atoms with Crippen LogP contribution in [0.3, 0.4) is 0 Å². The Hall–Kier alpha value is -3.35. The van der Waals surface area contributed by atoms with E-state index in [9.17, 15) is 14.4 Å². The van der Waals surface area contributed by atoms with Crippen molar-refractivity contribution in [3.63, 3.8) is 0 Å². The standard InChI is InChI=1S/C27H32N2O5/c1-2-18(26(31)32)15-28-25(30)14-17-11-12-19(13-17)29-27(33)34-16-24-22-9-5-3-7-20(22)21-8-4-6-10-23(21)24/h3-10,17-19,24H,2,11-16H2,1H3,(H,28,30)(H,29,33)(H,31,32)/t17-,18?,19+/m0/s1. The molecule has 3 atom stereocenters. The molecule has 7 nitrogen and oxygen atoms in total. The Morgan fingerprint density at radius 3 is 2.29 bits per heavy atom. The van der Waals surface area contributed by atoms with Crippen LogP contribution in [0.1, 0.15) is 56.1 Å². The summed E-state index contributed by atoms with van der Waals surface area (Å²) in [6.45, 7) is 2.22. The molecule has 0 saturated heterocycles. The van der Waals surface area contributed by atoms with Crippen molar-refractivity contribution < 1.29 is 24.2 Å². The maximum atomic E-state index is 12.5. The fourth-order valence-corrected chi connectivity index (χ4v) is 5.18. The Bertz CT molecular complexity index is 1010. The van der Waals surface area contributed by atoms with E-state index in [4.69, 9.17) is 9.84 Å². The summed E-state index contributed by atoms with van der Waals surface area (Å²) in [5.74, 6) is -1.39. The predicted octanol–water partition coefficient (Wildman–Crippen LogP) is 4.31. The van der Waals surface area contributed by atoms with Crippen molar-refractivity contribution in [3.05, 3.63) is 59.7 Å². The molecule has 3 N–H and O–H groups in total. The van der Waals surface area contributed by atoms with Gasteiger partial charge in [0.25, 0.3) is 0 Å². The molecule has 1 unspecified atom stereocenters. The molecule has 180 valence electrons. The molecule has 4 rings (SSSR count). The van der Waals surface area contributed by atoms with Gasteiger partial charge in [-0.2, -0.15) is 0 Å². The van der Waals surface area contributed by atoms with Crippen molar-refractivity contribution >= 4 is 18.0 Å². The van der Waals surface area contributed by atoms with Crippen LogP contribution in [-0.2, 0) is 14.3 Å². The fraction of sp³-hybridized carbons (Fsp3) is 0.444. The second kappa shape index (κ2) is 10.7. The minimum atomic E-state index is -0.893. The Balaban J connectivity index is 1.23. The molecule has 1 fully saturated rings. The van der Waals surface area contributed by atoms with Crippen LogP contribution in [0.4, 0.5) is 4.79 Å². The van der Waals surface area contributed by atoms with E-state index >= 15 is 0 Å². The van der Waals surface area contributed by atoms with Crippen molar-refractivity contribution in [2.75, 3.05) is 13.2 Å². The molecule has 2 aromatic carbocycles. The van der Waals surface area contributed by atoms with Gasteiger partial charge in [-0.3, -0.25) is 9.59 Å². The zero-order valence-electron chi connectivity index (χ0n) is 19.5. The number of rotatable bonds is 9. The normalized spacial score (nSPS) is 19.7. The molecule has 0 spiro atoms. The summed E-state index contributed by atoms with van der Waals surface area (Å²) in [7, 11) is 0. The Labute approximate surface area is 199 Å². The van der Waals surface area contributed by atoms with Crippen LogP contribution in [0.2, 0.25) is 0 Å². The number of carbonyl (C=O) groups is 3. The molecule has 0 radical (unpaired) electrons. The van der Waals surface area contributed by atoms with Crippen LogP contribution in [-0.4, -0.2) is 42.3 Å². The van der Waals surface area contributed by atoms with E-state index in [0.717, 1.165) is 12.8 Å². The number of benzene rings is 2. The van der Waals surface area contributed by atoms with Gasteiger partial charge in [-0.05, 0) is 53.9 Å². The highest BCUT2D eigenvalue weighted by atomic mass is 16.5. The van der Waals surface area contributed by atoms with E-state index in [1.807, 2.05) is 24.3 Å². The lowest BCUT2D eigenvalue weighted by molar-refractivity contribution is -0.141. The van der Waals surface area contributed by atoms with Gasteiger partial charge in [0, 0.05) is 24.9 Å². The molecular weight excluding hydrogens is 432 g/mol. The first-order valence-electron chi connectivity index (χ1n) is 12.1. The number of hydrogen-bond acceptors (Lipinski definition) is 4. The lowest BCUT2D eigenvalue weighted by Gasteiger charge is -2.17. The number of aliphatic carboxylic acids is 1. The largest absolute Gasteiger partial charge is 0.481 e. The summed E-state index contributed by atoms with van der Waals surface area (Å²) < 4.78 is 5.63. The van der Waals surface area contributed by atoms with Gasteiger partial charge in [0.15, 0.2) is 0 Å². The van der Waals surface area contributed by atoms with Crippen LogP contribution in [0.15, 0.2) is 48.5 Å². The maximum Gasteiger partial charge on any atom is 0.407 e. The molecule has 7 heteroatoms. The highest BCUT2D eigenvalue weighted by molar-refractivity contribution is 5.79. The van der Waals surface area contributed by atoms with Gasteiger partial charge in [-0.1, -0.05) is 55.5 Å². The molecular formula is C27H32N2O5. The first-order valence-corrected chi connectivity index (χ1v) is 12.1. The van der Waals surface area contributed by atoms with Crippen molar-refractivity contribution in [3.8, 4) is 11.1 Å². The second-order valence-corrected chi connectivity index (χ2v) is 9.30. The molecule has 0 aliphatic heterocycles. The number of nitrogens with one attached hydrogen (secondary N) is 2. The number of carbonyl (C=O) groups excluding carboxylic acids is 2. The number of carboxylic acid groups (broad SMARTS) is 1. The van der Waals surface area contributed by atoms with Gasteiger partial charge in [0.05, 0.1) is 5.92 Å². The first-order chi connectivity index (χ1) is 16.5. The highest BCUT2D eigenvalue weighted by Crippen LogP contribution is 2.44. The summed E-state index contributed by atoms with van der Waals surface area (Å²) in [4.78, 5) is 35.8. The molecule has 2 aliphatic rings. The van der Waals surface area contributed by atoms with E-state index in [2.05, 4.69) is 34.9 Å². The lowest BCUT2D eigenvalue weighted by Crippen LogP contribution is -2.35. The molecule has 0 heterocycles. The monoisotopic (exact) mass is 464 g/mol. The smallest absolute Gasteiger partial charge is 0.407 e. The Kier molecular flexibility index (Phi) is 7.50. The van der Waals surface area contributed by atoms with E-state index in [0.29, 0.717) is 19.3 Å². The maximum absolute atomic E-state index is 12.5. The molecule has 2 amide bonds. The van der Waals surface area contributed by atoms with E-state index in [1.54, 1.807) is 6.92 Å². The number of hydrogen-bond donors (Lipinski definition) is 3. The molecule has 34 heavy (non-hydrogen) atoms. The van der Waals surface area contributed by atoms with Gasteiger partial charge in [-0.15, -0.1) is 0 Å². The van der Waals surface area contributed by atoms with Crippen molar-refractivity contribution in [1.29, 1.82) is 0 Å². The molecule has 2 aliphatic carbocycles. The quantitative estimate of drug-likeness (QED) is 0.513. The topological polar surface area (TPSA) is 105 Å². The highest BCUT2D eigenvalue weighted by Gasteiger charge is 2.31. The summed E-state index contributed by atoms with van der Waals surface area (Å²) in [6, 6.07) is 16.4. The zero-order valence-corrected chi connectivity index (χ0v) is 19.5. The summed E-state index contributed by atoms with van der Waals surface area (Å²) in [5, 5.41) is 14.8. The molecule has 0 aromatic heterocycles. The first kappa shape index (κ1) is 23.8.